The van der Waals surface area contributed by atoms with Gasteiger partial charge in [-0.05, 0) is 43.3 Å². The average molecular weight is 230 g/mol. The lowest BCUT2D eigenvalue weighted by Crippen LogP contribution is -2.60. The van der Waals surface area contributed by atoms with Crippen LogP contribution in [0, 0.1) is 5.41 Å². The van der Waals surface area contributed by atoms with Crippen LogP contribution in [0.15, 0.2) is 30.3 Å². The summed E-state index contributed by atoms with van der Waals surface area (Å²) in [5, 5.41) is 3.46. The number of nitrogens with one attached hydrogen (secondary N) is 1. The molecule has 1 aromatic rings. The Morgan fingerprint density at radius 1 is 1.06 bits per heavy atom. The van der Waals surface area contributed by atoms with Crippen LogP contribution >= 0.6 is 0 Å². The minimum atomic E-state index is 0.682. The highest BCUT2D eigenvalue weighted by molar-refractivity contribution is 5.15. The molecule has 2 saturated heterocycles. The van der Waals surface area contributed by atoms with Crippen LogP contribution in [-0.2, 0) is 6.42 Å². The average Bonchev–Trinajstić information content (AvgIpc) is 2.36. The zero-order valence-corrected chi connectivity index (χ0v) is 10.5. The van der Waals surface area contributed by atoms with E-state index in [4.69, 9.17) is 0 Å². The first-order chi connectivity index (χ1) is 8.36. The summed E-state index contributed by atoms with van der Waals surface area (Å²) >= 11 is 0. The van der Waals surface area contributed by atoms with Crippen LogP contribution in [-0.4, -0.2) is 37.6 Å². The normalized spacial score (nSPS) is 23.5. The van der Waals surface area contributed by atoms with Gasteiger partial charge in [-0.1, -0.05) is 30.3 Å². The van der Waals surface area contributed by atoms with Gasteiger partial charge in [0.15, 0.2) is 0 Å². The Morgan fingerprint density at radius 2 is 1.76 bits per heavy atom. The number of hydrogen-bond acceptors (Lipinski definition) is 2. The molecule has 0 aliphatic carbocycles. The monoisotopic (exact) mass is 230 g/mol. The van der Waals surface area contributed by atoms with Crippen molar-refractivity contribution in [2.45, 2.75) is 19.3 Å². The number of benzene rings is 1. The first-order valence-electron chi connectivity index (χ1n) is 6.83. The van der Waals surface area contributed by atoms with Gasteiger partial charge < -0.3 is 10.2 Å². The molecule has 0 aromatic heterocycles. The van der Waals surface area contributed by atoms with Gasteiger partial charge in [-0.3, -0.25) is 0 Å². The lowest BCUT2D eigenvalue weighted by atomic mass is 9.72. The quantitative estimate of drug-likeness (QED) is 0.853. The predicted octanol–water partition coefficient (Wildman–Crippen LogP) is 1.91. The molecule has 3 rings (SSSR count). The minimum absolute atomic E-state index is 0.682. The van der Waals surface area contributed by atoms with Crippen LogP contribution in [0.5, 0.6) is 0 Å². The van der Waals surface area contributed by atoms with E-state index in [-0.39, 0.29) is 0 Å². The van der Waals surface area contributed by atoms with Crippen molar-refractivity contribution in [1.82, 2.24) is 10.2 Å². The van der Waals surface area contributed by atoms with Crippen LogP contribution in [0.3, 0.4) is 0 Å². The highest BCUT2D eigenvalue weighted by atomic mass is 15.2. The van der Waals surface area contributed by atoms with E-state index in [9.17, 15) is 0 Å². The predicted molar refractivity (Wildman–Crippen MR) is 71.1 cm³/mol. The molecule has 2 heteroatoms. The lowest BCUT2D eigenvalue weighted by Gasteiger charge is -2.52. The van der Waals surface area contributed by atoms with Gasteiger partial charge in [-0.2, -0.15) is 0 Å². The third-order valence-electron chi connectivity index (χ3n) is 4.34. The van der Waals surface area contributed by atoms with Crippen molar-refractivity contribution < 1.29 is 0 Å². The van der Waals surface area contributed by atoms with E-state index in [0.29, 0.717) is 5.41 Å². The van der Waals surface area contributed by atoms with Gasteiger partial charge in [0.05, 0.1) is 0 Å². The summed E-state index contributed by atoms with van der Waals surface area (Å²) in [6.45, 7) is 6.36. The third kappa shape index (κ3) is 2.53. The Kier molecular flexibility index (Phi) is 3.17. The van der Waals surface area contributed by atoms with Crippen LogP contribution < -0.4 is 5.32 Å². The van der Waals surface area contributed by atoms with Gasteiger partial charge in [0.1, 0.15) is 0 Å². The third-order valence-corrected chi connectivity index (χ3v) is 4.34. The second kappa shape index (κ2) is 4.79. The van der Waals surface area contributed by atoms with E-state index in [2.05, 4.69) is 40.5 Å². The molecule has 0 amide bonds. The van der Waals surface area contributed by atoms with Crippen LogP contribution in [0.25, 0.3) is 0 Å². The number of likely N-dealkylation sites (tertiary alicyclic amines) is 1. The molecule has 0 saturated carbocycles. The Labute approximate surface area is 104 Å². The first-order valence-corrected chi connectivity index (χ1v) is 6.83. The highest BCUT2D eigenvalue weighted by Gasteiger charge is 2.42. The van der Waals surface area contributed by atoms with Crippen molar-refractivity contribution in [2.75, 3.05) is 32.7 Å². The molecule has 0 atom stereocenters. The lowest BCUT2D eigenvalue weighted by molar-refractivity contribution is -0.0216. The highest BCUT2D eigenvalue weighted by Crippen LogP contribution is 2.38. The molecule has 17 heavy (non-hydrogen) atoms. The molecule has 2 fully saturated rings. The summed E-state index contributed by atoms with van der Waals surface area (Å²) in [7, 11) is 0. The molecule has 0 radical (unpaired) electrons. The van der Waals surface area contributed by atoms with Gasteiger partial charge in [-0.15, -0.1) is 0 Å². The fourth-order valence-corrected chi connectivity index (χ4v) is 3.27. The molecule has 2 aliphatic rings. The van der Waals surface area contributed by atoms with E-state index in [0.717, 1.165) is 0 Å². The fraction of sp³-hybridized carbons (Fsp3) is 0.600. The van der Waals surface area contributed by atoms with Gasteiger partial charge in [0, 0.05) is 19.6 Å². The van der Waals surface area contributed by atoms with Crippen molar-refractivity contribution >= 4 is 0 Å². The zero-order chi connectivity index (χ0) is 11.6. The standard InChI is InChI=1S/C15H22N2/c1-2-4-14(5-3-1)6-11-17-12-15(13-17)7-9-16-10-8-15/h1-5,16H,6-13H2. The van der Waals surface area contributed by atoms with Gasteiger partial charge in [-0.25, -0.2) is 0 Å². The first kappa shape index (κ1) is 11.2. The topological polar surface area (TPSA) is 15.3 Å². The van der Waals surface area contributed by atoms with Crippen molar-refractivity contribution in [3.8, 4) is 0 Å². The molecule has 1 N–H and O–H groups in total. The molecular formula is C15H22N2. The molecule has 0 bridgehead atoms. The summed E-state index contributed by atoms with van der Waals surface area (Å²) in [6, 6.07) is 10.8. The van der Waals surface area contributed by atoms with Gasteiger partial charge in [0.2, 0.25) is 0 Å². The molecule has 2 heterocycles. The number of hydrogen-bond donors (Lipinski definition) is 1. The minimum Gasteiger partial charge on any atom is -0.317 e. The molecule has 2 nitrogen and oxygen atoms in total. The maximum Gasteiger partial charge on any atom is 0.00516 e. The van der Waals surface area contributed by atoms with E-state index < -0.39 is 0 Å². The maximum atomic E-state index is 3.46. The van der Waals surface area contributed by atoms with Gasteiger partial charge in [0.25, 0.3) is 0 Å². The summed E-state index contributed by atoms with van der Waals surface area (Å²) in [5.41, 5.74) is 2.15. The molecule has 0 unspecified atom stereocenters. The van der Waals surface area contributed by atoms with Gasteiger partial charge >= 0.3 is 0 Å². The van der Waals surface area contributed by atoms with Crippen LogP contribution in [0.2, 0.25) is 0 Å². The second-order valence-electron chi connectivity index (χ2n) is 5.70. The van der Waals surface area contributed by atoms with Crippen molar-refractivity contribution in [1.29, 1.82) is 0 Å². The molecule has 1 aromatic carbocycles. The summed E-state index contributed by atoms with van der Waals surface area (Å²) in [6.07, 6.45) is 3.97. The second-order valence-corrected chi connectivity index (χ2v) is 5.70. The van der Waals surface area contributed by atoms with Crippen molar-refractivity contribution in [3.05, 3.63) is 35.9 Å². The number of piperidine rings is 1. The van der Waals surface area contributed by atoms with Crippen molar-refractivity contribution in [2.24, 2.45) is 5.41 Å². The smallest absolute Gasteiger partial charge is 0.00516 e. The van der Waals surface area contributed by atoms with E-state index in [1.54, 1.807) is 0 Å². The van der Waals surface area contributed by atoms with E-state index in [1.807, 2.05) is 0 Å². The Hall–Kier alpha value is -0.860. The summed E-state index contributed by atoms with van der Waals surface area (Å²) in [4.78, 5) is 2.62. The van der Waals surface area contributed by atoms with E-state index in [1.165, 1.54) is 57.5 Å². The fourth-order valence-electron chi connectivity index (χ4n) is 3.27. The van der Waals surface area contributed by atoms with Crippen LogP contribution in [0.1, 0.15) is 18.4 Å². The Bertz CT molecular complexity index is 346. The zero-order valence-electron chi connectivity index (χ0n) is 10.5. The SMILES string of the molecule is c1ccc(CCN2CC3(CCNCC3)C2)cc1. The molecule has 92 valence electrons. The summed E-state index contributed by atoms with van der Waals surface area (Å²) < 4.78 is 0. The largest absolute Gasteiger partial charge is 0.317 e. The van der Waals surface area contributed by atoms with Crippen LogP contribution in [0.4, 0.5) is 0 Å². The Morgan fingerprint density at radius 3 is 2.47 bits per heavy atom. The van der Waals surface area contributed by atoms with Crippen molar-refractivity contribution in [3.63, 3.8) is 0 Å². The van der Waals surface area contributed by atoms with E-state index >= 15 is 0 Å². The number of nitrogens with zero attached hydrogens (tertiary/aromatic N) is 1. The Balaban J connectivity index is 1.44. The summed E-state index contributed by atoms with van der Waals surface area (Å²) in [5.74, 6) is 0. The molecular weight excluding hydrogens is 208 g/mol. The molecule has 2 aliphatic heterocycles. The molecule has 1 spiro atoms. The number of rotatable bonds is 3. The maximum absolute atomic E-state index is 3.46.